The summed E-state index contributed by atoms with van der Waals surface area (Å²) in [5.74, 6) is -0.630. The first-order valence-corrected chi connectivity index (χ1v) is 7.93. The molecule has 0 atom stereocenters. The molecule has 0 saturated heterocycles. The zero-order chi connectivity index (χ0) is 16.0. The van der Waals surface area contributed by atoms with Gasteiger partial charge in [-0.2, -0.15) is 0 Å². The molecule has 0 fully saturated rings. The summed E-state index contributed by atoms with van der Waals surface area (Å²) in [5, 5.41) is 14.1. The van der Waals surface area contributed by atoms with Crippen LogP contribution in [0.25, 0.3) is 0 Å². The van der Waals surface area contributed by atoms with Crippen LogP contribution in [0.2, 0.25) is 0 Å². The van der Waals surface area contributed by atoms with Gasteiger partial charge in [-0.3, -0.25) is 10.1 Å². The summed E-state index contributed by atoms with van der Waals surface area (Å²) < 4.78 is 13.6. The third-order valence-electron chi connectivity index (χ3n) is 3.45. The molecule has 1 aromatic rings. The van der Waals surface area contributed by atoms with Crippen molar-refractivity contribution in [1.82, 2.24) is 0 Å². The number of nitrogens with zero attached hydrogens (tertiary/aromatic N) is 1. The molecule has 0 radical (unpaired) electrons. The normalized spacial score (nSPS) is 11.5. The summed E-state index contributed by atoms with van der Waals surface area (Å²) in [5.41, 5.74) is 0.140. The number of rotatable bonds is 8. The van der Waals surface area contributed by atoms with E-state index in [-0.39, 0.29) is 15.6 Å². The van der Waals surface area contributed by atoms with Gasteiger partial charge < -0.3 is 5.32 Å². The van der Waals surface area contributed by atoms with Crippen LogP contribution in [-0.4, -0.2) is 11.5 Å². The number of halogens is 2. The topological polar surface area (TPSA) is 55.2 Å². The monoisotopic (exact) mass is 360 g/mol. The summed E-state index contributed by atoms with van der Waals surface area (Å²) in [6, 6.07) is 2.37. The number of nitro benzene ring substituents is 1. The molecule has 0 amide bonds. The predicted octanol–water partition coefficient (Wildman–Crippen LogP) is 5.51. The Bertz CT molecular complexity index is 507. The first-order chi connectivity index (χ1) is 9.76. The van der Waals surface area contributed by atoms with Crippen molar-refractivity contribution < 1.29 is 9.31 Å². The maximum absolute atomic E-state index is 13.4. The molecule has 21 heavy (non-hydrogen) atoms. The van der Waals surface area contributed by atoms with Crippen molar-refractivity contribution in [3.05, 3.63) is 32.5 Å². The quantitative estimate of drug-likeness (QED) is 0.377. The van der Waals surface area contributed by atoms with Crippen molar-refractivity contribution in [2.24, 2.45) is 5.41 Å². The third kappa shape index (κ3) is 5.61. The van der Waals surface area contributed by atoms with Crippen LogP contribution in [-0.2, 0) is 0 Å². The Labute approximate surface area is 133 Å². The average molecular weight is 361 g/mol. The number of anilines is 1. The Kier molecular flexibility index (Phi) is 6.58. The molecule has 0 spiro atoms. The van der Waals surface area contributed by atoms with Crippen LogP contribution in [0.5, 0.6) is 0 Å². The number of nitro groups is 1. The Morgan fingerprint density at radius 1 is 1.38 bits per heavy atom. The zero-order valence-electron chi connectivity index (χ0n) is 12.7. The molecule has 118 valence electrons. The van der Waals surface area contributed by atoms with Crippen LogP contribution < -0.4 is 5.32 Å². The van der Waals surface area contributed by atoms with Gasteiger partial charge in [0.15, 0.2) is 0 Å². The van der Waals surface area contributed by atoms with E-state index >= 15 is 0 Å². The van der Waals surface area contributed by atoms with Crippen molar-refractivity contribution in [1.29, 1.82) is 0 Å². The van der Waals surface area contributed by atoms with Crippen LogP contribution in [0.1, 0.15) is 46.5 Å². The van der Waals surface area contributed by atoms with E-state index in [4.69, 9.17) is 0 Å². The van der Waals surface area contributed by atoms with Gasteiger partial charge in [0.2, 0.25) is 0 Å². The van der Waals surface area contributed by atoms with Gasteiger partial charge in [-0.1, -0.05) is 40.0 Å². The molecule has 1 rings (SSSR count). The van der Waals surface area contributed by atoms with Gasteiger partial charge in [-0.25, -0.2) is 4.39 Å². The lowest BCUT2D eigenvalue weighted by Crippen LogP contribution is -2.23. The Morgan fingerprint density at radius 3 is 2.62 bits per heavy atom. The molecular weight excluding hydrogens is 339 g/mol. The largest absolute Gasteiger partial charge is 0.379 e. The Hall–Kier alpha value is -1.17. The van der Waals surface area contributed by atoms with Gasteiger partial charge in [0.25, 0.3) is 5.69 Å². The van der Waals surface area contributed by atoms with Gasteiger partial charge in [0, 0.05) is 6.54 Å². The van der Waals surface area contributed by atoms with E-state index < -0.39 is 10.7 Å². The maximum atomic E-state index is 13.4. The smallest absolute Gasteiger partial charge is 0.295 e. The van der Waals surface area contributed by atoms with E-state index in [9.17, 15) is 14.5 Å². The van der Waals surface area contributed by atoms with Gasteiger partial charge in [-0.15, -0.1) is 0 Å². The first kappa shape index (κ1) is 17.9. The predicted molar refractivity (Wildman–Crippen MR) is 87.2 cm³/mol. The van der Waals surface area contributed by atoms with Crippen LogP contribution in [0.15, 0.2) is 16.6 Å². The molecule has 1 N–H and O–H groups in total. The van der Waals surface area contributed by atoms with Crippen LogP contribution >= 0.6 is 15.9 Å². The van der Waals surface area contributed by atoms with Gasteiger partial charge in [-0.05, 0) is 33.8 Å². The third-order valence-corrected chi connectivity index (χ3v) is 4.06. The number of hydrogen-bond acceptors (Lipinski definition) is 3. The number of hydrogen-bond donors (Lipinski definition) is 1. The van der Waals surface area contributed by atoms with Gasteiger partial charge in [0.05, 0.1) is 15.5 Å². The second kappa shape index (κ2) is 7.73. The fourth-order valence-electron chi connectivity index (χ4n) is 2.11. The Balaban J connectivity index is 2.78. The second-order valence-electron chi connectivity index (χ2n) is 6.02. The fraction of sp³-hybridized carbons (Fsp3) is 0.600. The SMILES string of the molecule is CCCCCC(C)(C)CNc1cc(Br)c(F)cc1[N+](=O)[O-]. The summed E-state index contributed by atoms with van der Waals surface area (Å²) in [7, 11) is 0. The van der Waals surface area contributed by atoms with Crippen molar-refractivity contribution in [2.45, 2.75) is 46.5 Å². The van der Waals surface area contributed by atoms with E-state index in [1.807, 2.05) is 0 Å². The molecule has 0 aliphatic rings. The van der Waals surface area contributed by atoms with Crippen molar-refractivity contribution in [3.63, 3.8) is 0 Å². The zero-order valence-corrected chi connectivity index (χ0v) is 14.3. The molecule has 0 aliphatic carbocycles. The standard InChI is InChI=1S/C15H22BrFN2O2/c1-4-5-6-7-15(2,3)10-18-13-8-11(16)12(17)9-14(13)19(20)21/h8-9,18H,4-7,10H2,1-3H3. The minimum Gasteiger partial charge on any atom is -0.379 e. The lowest BCUT2D eigenvalue weighted by molar-refractivity contribution is -0.384. The number of benzene rings is 1. The molecular formula is C15H22BrFN2O2. The van der Waals surface area contributed by atoms with Crippen molar-refractivity contribution in [2.75, 3.05) is 11.9 Å². The highest BCUT2D eigenvalue weighted by Crippen LogP contribution is 2.32. The van der Waals surface area contributed by atoms with Gasteiger partial charge >= 0.3 is 0 Å². The minimum absolute atomic E-state index is 0.0316. The highest BCUT2D eigenvalue weighted by atomic mass is 79.9. The molecule has 0 aliphatic heterocycles. The second-order valence-corrected chi connectivity index (χ2v) is 6.87. The molecule has 0 aromatic heterocycles. The maximum Gasteiger partial charge on any atom is 0.295 e. The van der Waals surface area contributed by atoms with Gasteiger partial charge in [0.1, 0.15) is 11.5 Å². The highest BCUT2D eigenvalue weighted by molar-refractivity contribution is 9.10. The van der Waals surface area contributed by atoms with E-state index in [1.54, 1.807) is 0 Å². The molecule has 1 aromatic carbocycles. The first-order valence-electron chi connectivity index (χ1n) is 7.14. The Morgan fingerprint density at radius 2 is 2.05 bits per heavy atom. The van der Waals surface area contributed by atoms with Crippen molar-refractivity contribution in [3.8, 4) is 0 Å². The highest BCUT2D eigenvalue weighted by Gasteiger charge is 2.21. The van der Waals surface area contributed by atoms with E-state index in [0.29, 0.717) is 12.2 Å². The van der Waals surface area contributed by atoms with E-state index in [0.717, 1.165) is 18.9 Å². The molecule has 0 heterocycles. The number of unbranched alkanes of at least 4 members (excludes halogenated alkanes) is 2. The lowest BCUT2D eigenvalue weighted by Gasteiger charge is -2.25. The minimum atomic E-state index is -0.630. The molecule has 6 heteroatoms. The number of nitrogens with one attached hydrogen (secondary N) is 1. The fourth-order valence-corrected chi connectivity index (χ4v) is 2.45. The lowest BCUT2D eigenvalue weighted by atomic mass is 9.87. The molecule has 0 bridgehead atoms. The summed E-state index contributed by atoms with van der Waals surface area (Å²) >= 11 is 3.06. The molecule has 4 nitrogen and oxygen atoms in total. The molecule has 0 saturated carbocycles. The average Bonchev–Trinajstić information content (AvgIpc) is 2.39. The van der Waals surface area contributed by atoms with Crippen LogP contribution in [0.3, 0.4) is 0 Å². The summed E-state index contributed by atoms with van der Waals surface area (Å²) in [6.07, 6.45) is 4.54. The van der Waals surface area contributed by atoms with E-state index in [2.05, 4.69) is 42.0 Å². The summed E-state index contributed by atoms with van der Waals surface area (Å²) in [6.45, 7) is 7.01. The summed E-state index contributed by atoms with van der Waals surface area (Å²) in [4.78, 5) is 10.4. The van der Waals surface area contributed by atoms with Crippen LogP contribution in [0, 0.1) is 21.3 Å². The van der Waals surface area contributed by atoms with Crippen molar-refractivity contribution >= 4 is 27.3 Å². The molecule has 0 unspecified atom stereocenters. The van der Waals surface area contributed by atoms with E-state index in [1.165, 1.54) is 18.9 Å². The van der Waals surface area contributed by atoms with Crippen LogP contribution in [0.4, 0.5) is 15.8 Å².